The second kappa shape index (κ2) is 2.55. The Kier molecular flexibility index (Phi) is 2.19. The van der Waals surface area contributed by atoms with E-state index >= 15 is 0 Å². The average Bonchev–Trinajstić information content (AvgIpc) is 2.22. The molecule has 1 heteroatoms. The fourth-order valence-corrected chi connectivity index (χ4v) is 2.17. The molecule has 0 unspecified atom stereocenters. The quantitative estimate of drug-likeness (QED) is 0.601. The number of hydrogen-bond acceptors (Lipinski definition) is 0. The molecular weight excluding hydrogens is 281 g/mol. The molecule has 0 amide bonds. The first-order valence-corrected chi connectivity index (χ1v) is 3.45. The van der Waals surface area contributed by atoms with Crippen molar-refractivity contribution in [1.29, 1.82) is 0 Å². The van der Waals surface area contributed by atoms with Gasteiger partial charge in [-0.3, -0.25) is 0 Å². The topological polar surface area (TPSA) is 0 Å². The SMILES string of the molecule is C1CC2CCC1C2.[Au]. The predicted octanol–water partition coefficient (Wildman–Crippen LogP) is 2.19. The zero-order valence-corrected chi connectivity index (χ0v) is 7.16. The third kappa shape index (κ3) is 1.02. The zero-order chi connectivity index (χ0) is 4.69. The number of fused-ring (bicyclic) bond motifs is 2. The molecule has 0 N–H and O–H groups in total. The minimum Gasteiger partial charge on any atom is -0.0502 e. The summed E-state index contributed by atoms with van der Waals surface area (Å²) in [4.78, 5) is 0. The van der Waals surface area contributed by atoms with Crippen molar-refractivity contribution < 1.29 is 22.4 Å². The Balaban J connectivity index is 0.000000320. The Morgan fingerprint density at radius 3 is 1.25 bits per heavy atom. The molecule has 2 aliphatic carbocycles. The van der Waals surface area contributed by atoms with Gasteiger partial charge in [-0.25, -0.2) is 0 Å². The van der Waals surface area contributed by atoms with E-state index in [1.165, 1.54) is 11.8 Å². The van der Waals surface area contributed by atoms with Crippen molar-refractivity contribution in [2.75, 3.05) is 0 Å². The zero-order valence-electron chi connectivity index (χ0n) is 4.99. The van der Waals surface area contributed by atoms with Gasteiger partial charge in [-0.15, -0.1) is 0 Å². The van der Waals surface area contributed by atoms with E-state index < -0.39 is 0 Å². The first-order valence-electron chi connectivity index (χ1n) is 3.45. The second-order valence-corrected chi connectivity index (χ2v) is 3.12. The van der Waals surface area contributed by atoms with Gasteiger partial charge in [-0.2, -0.15) is 0 Å². The van der Waals surface area contributed by atoms with Crippen LogP contribution in [0.4, 0.5) is 0 Å². The molecule has 0 aliphatic heterocycles. The molecule has 0 spiro atoms. The van der Waals surface area contributed by atoms with E-state index in [4.69, 9.17) is 0 Å². The monoisotopic (exact) mass is 293 g/mol. The predicted molar refractivity (Wildman–Crippen MR) is 30.1 cm³/mol. The molecule has 2 fully saturated rings. The Morgan fingerprint density at radius 2 is 1.12 bits per heavy atom. The van der Waals surface area contributed by atoms with Crippen LogP contribution in [0.5, 0.6) is 0 Å². The molecule has 0 heterocycles. The van der Waals surface area contributed by atoms with Gasteiger partial charge in [-0.05, 0) is 18.3 Å². The summed E-state index contributed by atoms with van der Waals surface area (Å²) < 4.78 is 0. The van der Waals surface area contributed by atoms with E-state index in [1.807, 2.05) is 0 Å². The van der Waals surface area contributed by atoms with Gasteiger partial charge in [0.15, 0.2) is 0 Å². The molecule has 0 aromatic heterocycles. The summed E-state index contributed by atoms with van der Waals surface area (Å²) in [6, 6.07) is 0. The number of hydrogen-bond donors (Lipinski definition) is 0. The Labute approximate surface area is 66.6 Å². The number of rotatable bonds is 0. The molecule has 0 atom stereocenters. The summed E-state index contributed by atoms with van der Waals surface area (Å²) >= 11 is 0. The largest absolute Gasteiger partial charge is 0.0502 e. The van der Waals surface area contributed by atoms with E-state index in [9.17, 15) is 0 Å². The summed E-state index contributed by atoms with van der Waals surface area (Å²) in [6.07, 6.45) is 7.82. The Bertz CT molecular complexity index is 62.5. The first kappa shape index (κ1) is 6.85. The van der Waals surface area contributed by atoms with E-state index in [2.05, 4.69) is 0 Å². The van der Waals surface area contributed by atoms with Crippen LogP contribution < -0.4 is 0 Å². The fraction of sp³-hybridized carbons (Fsp3) is 1.00. The van der Waals surface area contributed by atoms with Crippen molar-refractivity contribution in [3.05, 3.63) is 0 Å². The first-order chi connectivity index (χ1) is 3.45. The molecular formula is C7H12Au. The van der Waals surface area contributed by atoms with Crippen LogP contribution in [0.15, 0.2) is 0 Å². The van der Waals surface area contributed by atoms with Crippen LogP contribution in [0, 0.1) is 11.8 Å². The third-order valence-electron chi connectivity index (χ3n) is 2.63. The molecule has 0 nitrogen and oxygen atoms in total. The second-order valence-electron chi connectivity index (χ2n) is 3.12. The standard InChI is InChI=1S/C7H12.Au/c1-2-7-4-3-6(1)5-7;/h6-7H,1-5H2;. The van der Waals surface area contributed by atoms with Crippen molar-refractivity contribution in [2.24, 2.45) is 11.8 Å². The van der Waals surface area contributed by atoms with E-state index in [-0.39, 0.29) is 22.4 Å². The van der Waals surface area contributed by atoms with E-state index in [0.29, 0.717) is 0 Å². The maximum absolute atomic E-state index is 1.58. The summed E-state index contributed by atoms with van der Waals surface area (Å²) in [5.41, 5.74) is 0. The van der Waals surface area contributed by atoms with Gasteiger partial charge >= 0.3 is 0 Å². The van der Waals surface area contributed by atoms with E-state index in [0.717, 1.165) is 0 Å². The normalized spacial score (nSPS) is 42.0. The van der Waals surface area contributed by atoms with Crippen LogP contribution in [-0.4, -0.2) is 0 Å². The molecule has 1 radical (unpaired) electrons. The fourth-order valence-electron chi connectivity index (χ4n) is 2.17. The van der Waals surface area contributed by atoms with Crippen LogP contribution in [0.1, 0.15) is 32.1 Å². The van der Waals surface area contributed by atoms with Gasteiger partial charge in [0.1, 0.15) is 0 Å². The minimum absolute atomic E-state index is 0. The Morgan fingerprint density at radius 1 is 0.750 bits per heavy atom. The Hall–Kier alpha value is 0.740. The van der Waals surface area contributed by atoms with Crippen LogP contribution in [0.3, 0.4) is 0 Å². The maximum atomic E-state index is 1.58. The molecule has 2 rings (SSSR count). The van der Waals surface area contributed by atoms with Crippen molar-refractivity contribution in [3.63, 3.8) is 0 Å². The van der Waals surface area contributed by atoms with Gasteiger partial charge < -0.3 is 0 Å². The van der Waals surface area contributed by atoms with Crippen molar-refractivity contribution in [1.82, 2.24) is 0 Å². The molecule has 8 heavy (non-hydrogen) atoms. The van der Waals surface area contributed by atoms with E-state index in [1.54, 1.807) is 32.1 Å². The molecule has 0 aromatic rings. The van der Waals surface area contributed by atoms with Crippen molar-refractivity contribution in [3.8, 4) is 0 Å². The third-order valence-corrected chi connectivity index (χ3v) is 2.63. The smallest absolute Gasteiger partial charge is 0 e. The molecule has 2 aliphatic rings. The molecule has 2 bridgehead atoms. The van der Waals surface area contributed by atoms with Gasteiger partial charge in [0.25, 0.3) is 0 Å². The van der Waals surface area contributed by atoms with Gasteiger partial charge in [0, 0.05) is 22.4 Å². The summed E-state index contributed by atoms with van der Waals surface area (Å²) in [6.45, 7) is 0. The molecule has 0 saturated heterocycles. The summed E-state index contributed by atoms with van der Waals surface area (Å²) in [7, 11) is 0. The van der Waals surface area contributed by atoms with Gasteiger partial charge in [0.2, 0.25) is 0 Å². The molecule has 51 valence electrons. The minimum atomic E-state index is 0. The average molecular weight is 293 g/mol. The molecule has 0 aromatic carbocycles. The van der Waals surface area contributed by atoms with Crippen LogP contribution >= 0.6 is 0 Å². The van der Waals surface area contributed by atoms with Crippen LogP contribution in [0.25, 0.3) is 0 Å². The van der Waals surface area contributed by atoms with Gasteiger partial charge in [-0.1, -0.05) is 25.7 Å². The van der Waals surface area contributed by atoms with Crippen molar-refractivity contribution >= 4 is 0 Å². The van der Waals surface area contributed by atoms with Crippen molar-refractivity contribution in [2.45, 2.75) is 32.1 Å². The van der Waals surface area contributed by atoms with Gasteiger partial charge in [0.05, 0.1) is 0 Å². The summed E-state index contributed by atoms with van der Waals surface area (Å²) in [5, 5.41) is 0. The van der Waals surface area contributed by atoms with Crippen LogP contribution in [0.2, 0.25) is 0 Å². The van der Waals surface area contributed by atoms with Crippen LogP contribution in [-0.2, 0) is 22.4 Å². The maximum Gasteiger partial charge on any atom is 0 e. The molecule has 2 saturated carbocycles. The summed E-state index contributed by atoms with van der Waals surface area (Å²) in [5.74, 6) is 2.34.